The van der Waals surface area contributed by atoms with Crippen molar-refractivity contribution in [3.05, 3.63) is 29.1 Å². The normalized spacial score (nSPS) is 20.9. The molecule has 1 saturated carbocycles. The molecule has 1 amide bonds. The molecule has 2 rings (SSSR count). The van der Waals surface area contributed by atoms with Crippen molar-refractivity contribution in [3.8, 4) is 5.75 Å². The van der Waals surface area contributed by atoms with Crippen molar-refractivity contribution in [1.29, 1.82) is 0 Å². The first kappa shape index (κ1) is 14.7. The molecule has 6 heteroatoms. The Balaban J connectivity index is 2.18. The number of aromatic hydroxyl groups is 1. The van der Waals surface area contributed by atoms with Gasteiger partial charge in [-0.05, 0) is 30.7 Å². The van der Waals surface area contributed by atoms with Gasteiger partial charge in [0.1, 0.15) is 0 Å². The largest absolute Gasteiger partial charge is 0.503 e. The van der Waals surface area contributed by atoms with Crippen LogP contribution in [-0.2, 0) is 0 Å². The second-order valence-corrected chi connectivity index (χ2v) is 5.96. The maximum Gasteiger partial charge on any atom is 0.254 e. The Kier molecular flexibility index (Phi) is 3.67. The molecular weight excluding hydrogens is 271 g/mol. The molecule has 1 atom stereocenters. The summed E-state index contributed by atoms with van der Waals surface area (Å²) in [6, 6.07) is 0.326. The van der Waals surface area contributed by atoms with E-state index in [1.54, 1.807) is 0 Å². The van der Waals surface area contributed by atoms with Gasteiger partial charge in [-0.3, -0.25) is 4.79 Å². The van der Waals surface area contributed by atoms with Crippen molar-refractivity contribution in [2.45, 2.75) is 39.2 Å². The molecule has 1 aliphatic rings. The Labute approximate surface area is 114 Å². The van der Waals surface area contributed by atoms with Crippen molar-refractivity contribution < 1.29 is 23.1 Å². The molecule has 1 aromatic rings. The summed E-state index contributed by atoms with van der Waals surface area (Å²) < 4.78 is 39.7. The van der Waals surface area contributed by atoms with Gasteiger partial charge in [-0.15, -0.1) is 0 Å². The minimum absolute atomic E-state index is 0.0900. The highest BCUT2D eigenvalue weighted by molar-refractivity contribution is 5.95. The standard InChI is InChI=1S/C14H16F3NO2/c1-14(2)4-3-7(6-14)18-13(20)8-5-9(15)11(17)12(19)10(8)16/h5,7,19H,3-4,6H2,1-2H3,(H,18,20). The number of hydrogen-bond acceptors (Lipinski definition) is 2. The van der Waals surface area contributed by atoms with Gasteiger partial charge in [0.05, 0.1) is 5.56 Å². The summed E-state index contributed by atoms with van der Waals surface area (Å²) in [5, 5.41) is 11.7. The fourth-order valence-corrected chi connectivity index (χ4v) is 2.58. The molecule has 20 heavy (non-hydrogen) atoms. The molecule has 2 N–H and O–H groups in total. The highest BCUT2D eigenvalue weighted by Gasteiger charge is 2.32. The van der Waals surface area contributed by atoms with Crippen LogP contribution in [0.1, 0.15) is 43.5 Å². The molecule has 1 aliphatic carbocycles. The average Bonchev–Trinajstić information content (AvgIpc) is 2.70. The number of nitrogens with one attached hydrogen (secondary N) is 1. The minimum Gasteiger partial charge on any atom is -0.503 e. The Morgan fingerprint density at radius 2 is 2.00 bits per heavy atom. The number of benzene rings is 1. The van der Waals surface area contributed by atoms with Gasteiger partial charge in [-0.2, -0.15) is 4.39 Å². The van der Waals surface area contributed by atoms with Crippen LogP contribution in [0.3, 0.4) is 0 Å². The van der Waals surface area contributed by atoms with Crippen LogP contribution < -0.4 is 5.32 Å². The smallest absolute Gasteiger partial charge is 0.254 e. The quantitative estimate of drug-likeness (QED) is 0.821. The Bertz CT molecular complexity index is 558. The first-order chi connectivity index (χ1) is 9.21. The Hall–Kier alpha value is -1.72. The van der Waals surface area contributed by atoms with Gasteiger partial charge in [-0.1, -0.05) is 13.8 Å². The number of halogens is 3. The van der Waals surface area contributed by atoms with Gasteiger partial charge in [0.15, 0.2) is 17.4 Å². The lowest BCUT2D eigenvalue weighted by Crippen LogP contribution is -2.34. The highest BCUT2D eigenvalue weighted by atomic mass is 19.2. The first-order valence-electron chi connectivity index (χ1n) is 6.38. The summed E-state index contributed by atoms with van der Waals surface area (Å²) in [4.78, 5) is 11.9. The third kappa shape index (κ3) is 2.73. The molecule has 1 unspecified atom stereocenters. The van der Waals surface area contributed by atoms with Crippen LogP contribution in [0.5, 0.6) is 5.75 Å². The summed E-state index contributed by atoms with van der Waals surface area (Å²) in [6.07, 6.45) is 2.40. The van der Waals surface area contributed by atoms with Crippen molar-refractivity contribution in [3.63, 3.8) is 0 Å². The zero-order valence-electron chi connectivity index (χ0n) is 11.3. The molecule has 1 fully saturated rings. The molecule has 1 aromatic carbocycles. The molecular formula is C14H16F3NO2. The van der Waals surface area contributed by atoms with E-state index in [2.05, 4.69) is 19.2 Å². The minimum atomic E-state index is -1.69. The Morgan fingerprint density at radius 3 is 2.55 bits per heavy atom. The van der Waals surface area contributed by atoms with Crippen molar-refractivity contribution in [2.75, 3.05) is 0 Å². The van der Waals surface area contributed by atoms with E-state index in [0.717, 1.165) is 19.3 Å². The van der Waals surface area contributed by atoms with Crippen LogP contribution >= 0.6 is 0 Å². The number of carbonyl (C=O) groups excluding carboxylic acids is 1. The van der Waals surface area contributed by atoms with Crippen LogP contribution in [0, 0.1) is 22.9 Å². The molecule has 3 nitrogen and oxygen atoms in total. The van der Waals surface area contributed by atoms with Crippen LogP contribution in [0.2, 0.25) is 0 Å². The van der Waals surface area contributed by atoms with E-state index in [4.69, 9.17) is 5.11 Å². The van der Waals surface area contributed by atoms with E-state index in [0.29, 0.717) is 6.07 Å². The number of carbonyl (C=O) groups is 1. The van der Waals surface area contributed by atoms with E-state index in [1.807, 2.05) is 0 Å². The van der Waals surface area contributed by atoms with Gasteiger partial charge in [-0.25, -0.2) is 8.78 Å². The van der Waals surface area contributed by atoms with Gasteiger partial charge in [0.2, 0.25) is 5.82 Å². The van der Waals surface area contributed by atoms with Gasteiger partial charge < -0.3 is 10.4 Å². The number of phenols is 1. The molecule has 0 aromatic heterocycles. The van der Waals surface area contributed by atoms with Crippen molar-refractivity contribution >= 4 is 5.91 Å². The van der Waals surface area contributed by atoms with E-state index in [-0.39, 0.29) is 11.5 Å². The lowest BCUT2D eigenvalue weighted by atomic mass is 9.92. The van der Waals surface area contributed by atoms with Crippen LogP contribution in [-0.4, -0.2) is 17.1 Å². The van der Waals surface area contributed by atoms with E-state index >= 15 is 0 Å². The zero-order chi connectivity index (χ0) is 15.1. The first-order valence-corrected chi connectivity index (χ1v) is 6.38. The molecule has 0 spiro atoms. The summed E-state index contributed by atoms with van der Waals surface area (Å²) >= 11 is 0. The van der Waals surface area contributed by atoms with Crippen LogP contribution in [0.4, 0.5) is 13.2 Å². The van der Waals surface area contributed by atoms with Crippen molar-refractivity contribution in [1.82, 2.24) is 5.32 Å². The monoisotopic (exact) mass is 287 g/mol. The summed E-state index contributed by atoms with van der Waals surface area (Å²) in [5.41, 5.74) is -0.599. The molecule has 0 bridgehead atoms. The SMILES string of the molecule is CC1(C)CCC(NC(=O)c2cc(F)c(F)c(O)c2F)C1. The van der Waals surface area contributed by atoms with Gasteiger partial charge in [0.25, 0.3) is 5.91 Å². The lowest BCUT2D eigenvalue weighted by molar-refractivity contribution is 0.0930. The maximum absolute atomic E-state index is 13.6. The predicted octanol–water partition coefficient (Wildman–Crippen LogP) is 3.12. The molecule has 0 radical (unpaired) electrons. The summed E-state index contributed by atoms with van der Waals surface area (Å²) in [5.74, 6) is -6.91. The highest BCUT2D eigenvalue weighted by Crippen LogP contribution is 2.37. The molecule has 110 valence electrons. The third-order valence-electron chi connectivity index (χ3n) is 3.68. The number of phenolic OH excluding ortho intramolecular Hbond substituents is 1. The second kappa shape index (κ2) is 5.00. The Morgan fingerprint density at radius 1 is 1.35 bits per heavy atom. The van der Waals surface area contributed by atoms with E-state index < -0.39 is 34.7 Å². The van der Waals surface area contributed by atoms with E-state index in [1.165, 1.54) is 0 Å². The third-order valence-corrected chi connectivity index (χ3v) is 3.68. The van der Waals surface area contributed by atoms with E-state index in [9.17, 15) is 18.0 Å². The molecule has 0 aliphatic heterocycles. The van der Waals surface area contributed by atoms with Crippen LogP contribution in [0.25, 0.3) is 0 Å². The number of amides is 1. The maximum atomic E-state index is 13.6. The van der Waals surface area contributed by atoms with Gasteiger partial charge in [0, 0.05) is 6.04 Å². The average molecular weight is 287 g/mol. The second-order valence-electron chi connectivity index (χ2n) is 5.96. The number of hydrogen-bond donors (Lipinski definition) is 2. The number of rotatable bonds is 2. The summed E-state index contributed by atoms with van der Waals surface area (Å²) in [7, 11) is 0. The zero-order valence-corrected chi connectivity index (χ0v) is 11.3. The fourth-order valence-electron chi connectivity index (χ4n) is 2.58. The lowest BCUT2D eigenvalue weighted by Gasteiger charge is -2.18. The topological polar surface area (TPSA) is 49.3 Å². The fraction of sp³-hybridized carbons (Fsp3) is 0.500. The van der Waals surface area contributed by atoms with Gasteiger partial charge >= 0.3 is 0 Å². The molecule has 0 heterocycles. The van der Waals surface area contributed by atoms with Crippen LogP contribution in [0.15, 0.2) is 6.07 Å². The summed E-state index contributed by atoms with van der Waals surface area (Å²) in [6.45, 7) is 4.12. The van der Waals surface area contributed by atoms with Crippen molar-refractivity contribution in [2.24, 2.45) is 5.41 Å². The molecule has 0 saturated heterocycles. The predicted molar refractivity (Wildman–Crippen MR) is 66.9 cm³/mol.